The molecule has 5 rings (SSSR count). The maximum Gasteiger partial charge on any atom is 0.407 e. The third-order valence-corrected chi connectivity index (χ3v) is 7.70. The minimum absolute atomic E-state index is 0.0898. The number of amides is 2. The molecule has 0 spiro atoms. The number of hydrogen-bond donors (Lipinski definition) is 3. The maximum absolute atomic E-state index is 13.3. The fourth-order valence-electron chi connectivity index (χ4n) is 5.30. The van der Waals surface area contributed by atoms with Gasteiger partial charge in [0.1, 0.15) is 18.2 Å². The number of aliphatic carboxylic acids is 1. The van der Waals surface area contributed by atoms with E-state index in [0.29, 0.717) is 19.3 Å². The van der Waals surface area contributed by atoms with Crippen LogP contribution in [0.1, 0.15) is 48.8 Å². The first-order valence-electron chi connectivity index (χ1n) is 13.2. The molecule has 2 aliphatic carbocycles. The Labute approximate surface area is 227 Å². The summed E-state index contributed by atoms with van der Waals surface area (Å²) in [6, 6.07) is 24.4. The van der Waals surface area contributed by atoms with Gasteiger partial charge in [0.2, 0.25) is 5.91 Å². The van der Waals surface area contributed by atoms with Crippen LogP contribution in [0.5, 0.6) is 0 Å². The monoisotopic (exact) mass is 528 g/mol. The molecule has 1 fully saturated rings. The van der Waals surface area contributed by atoms with Crippen LogP contribution in [0.3, 0.4) is 0 Å². The van der Waals surface area contributed by atoms with Gasteiger partial charge in [0, 0.05) is 5.92 Å². The van der Waals surface area contributed by atoms with E-state index in [4.69, 9.17) is 9.47 Å². The Morgan fingerprint density at radius 3 is 2.08 bits per heavy atom. The van der Waals surface area contributed by atoms with Gasteiger partial charge in [-0.25, -0.2) is 9.59 Å². The van der Waals surface area contributed by atoms with Crippen LogP contribution < -0.4 is 10.6 Å². The number of hydrogen-bond acceptors (Lipinski definition) is 5. The minimum atomic E-state index is -1.32. The molecule has 3 aromatic rings. The number of rotatable bonds is 10. The van der Waals surface area contributed by atoms with E-state index in [1.54, 1.807) is 6.92 Å². The molecule has 202 valence electrons. The van der Waals surface area contributed by atoms with Crippen molar-refractivity contribution in [2.45, 2.75) is 56.4 Å². The van der Waals surface area contributed by atoms with Gasteiger partial charge in [-0.15, -0.1) is 0 Å². The van der Waals surface area contributed by atoms with Gasteiger partial charge in [-0.3, -0.25) is 4.79 Å². The first kappa shape index (κ1) is 26.4. The smallest absolute Gasteiger partial charge is 0.407 e. The molecule has 0 bridgehead atoms. The summed E-state index contributed by atoms with van der Waals surface area (Å²) in [5, 5.41) is 15.0. The Kier molecular flexibility index (Phi) is 7.65. The molecule has 0 radical (unpaired) electrons. The minimum Gasteiger partial charge on any atom is -0.480 e. The lowest BCUT2D eigenvalue weighted by atomic mass is 9.76. The summed E-state index contributed by atoms with van der Waals surface area (Å²) in [4.78, 5) is 38.2. The summed E-state index contributed by atoms with van der Waals surface area (Å²) in [7, 11) is 0. The van der Waals surface area contributed by atoms with Crippen LogP contribution in [0.15, 0.2) is 78.9 Å². The highest BCUT2D eigenvalue weighted by molar-refractivity contribution is 5.92. The maximum atomic E-state index is 13.3. The number of carboxylic acid groups (broad SMARTS) is 1. The number of alkyl carbamates (subject to hydrolysis) is 1. The van der Waals surface area contributed by atoms with Crippen molar-refractivity contribution < 1.29 is 29.0 Å². The van der Waals surface area contributed by atoms with E-state index in [1.807, 2.05) is 66.7 Å². The van der Waals surface area contributed by atoms with Crippen LogP contribution in [0, 0.1) is 0 Å². The number of benzene rings is 3. The topological polar surface area (TPSA) is 114 Å². The number of ether oxygens (including phenoxy) is 2. The van der Waals surface area contributed by atoms with Crippen molar-refractivity contribution in [1.29, 1.82) is 0 Å². The molecule has 2 atom stereocenters. The van der Waals surface area contributed by atoms with Crippen molar-refractivity contribution in [3.63, 3.8) is 0 Å². The lowest BCUT2D eigenvalue weighted by Crippen LogP contribution is -2.64. The van der Waals surface area contributed by atoms with Crippen LogP contribution in [-0.2, 0) is 25.7 Å². The fraction of sp³-hybridized carbons (Fsp3) is 0.323. The van der Waals surface area contributed by atoms with Crippen LogP contribution >= 0.6 is 0 Å². The van der Waals surface area contributed by atoms with E-state index in [1.165, 1.54) is 0 Å². The molecule has 0 saturated heterocycles. The number of fused-ring (bicyclic) bond motifs is 3. The van der Waals surface area contributed by atoms with Gasteiger partial charge in [-0.05, 0) is 54.0 Å². The highest BCUT2D eigenvalue weighted by atomic mass is 16.5. The Hall–Kier alpha value is -4.17. The zero-order chi connectivity index (χ0) is 27.4. The van der Waals surface area contributed by atoms with Gasteiger partial charge in [0.15, 0.2) is 0 Å². The summed E-state index contributed by atoms with van der Waals surface area (Å²) in [6.45, 7) is 1.99. The second-order valence-corrected chi connectivity index (χ2v) is 10.2. The molecule has 0 heterocycles. The second-order valence-electron chi connectivity index (χ2n) is 10.2. The van der Waals surface area contributed by atoms with Crippen molar-refractivity contribution in [3.05, 3.63) is 95.6 Å². The predicted octanol–water partition coefficient (Wildman–Crippen LogP) is 4.62. The number of nitrogens with one attached hydrogen (secondary N) is 2. The van der Waals surface area contributed by atoms with Gasteiger partial charge in [-0.1, -0.05) is 78.9 Å². The average Bonchev–Trinajstić information content (AvgIpc) is 3.25. The first-order chi connectivity index (χ1) is 18.9. The molecule has 8 heteroatoms. The summed E-state index contributed by atoms with van der Waals surface area (Å²) in [5.74, 6) is -1.83. The number of carbonyl (C=O) groups is 3. The lowest BCUT2D eigenvalue weighted by Gasteiger charge is -2.39. The summed E-state index contributed by atoms with van der Waals surface area (Å²) in [6.07, 6.45) is -0.144. The summed E-state index contributed by atoms with van der Waals surface area (Å²) < 4.78 is 11.6. The zero-order valence-corrected chi connectivity index (χ0v) is 21.8. The molecular weight excluding hydrogens is 496 g/mol. The van der Waals surface area contributed by atoms with Crippen LogP contribution in [-0.4, -0.2) is 47.4 Å². The second kappa shape index (κ2) is 11.3. The molecule has 2 aliphatic rings. The molecule has 8 nitrogen and oxygen atoms in total. The van der Waals surface area contributed by atoms with Crippen LogP contribution in [0.25, 0.3) is 11.1 Å². The quantitative estimate of drug-likeness (QED) is 0.354. The van der Waals surface area contributed by atoms with E-state index in [-0.39, 0.29) is 19.1 Å². The highest BCUT2D eigenvalue weighted by Crippen LogP contribution is 2.44. The molecule has 3 N–H and O–H groups in total. The number of carbonyl (C=O) groups excluding carboxylic acids is 2. The predicted molar refractivity (Wildman–Crippen MR) is 145 cm³/mol. The zero-order valence-electron chi connectivity index (χ0n) is 21.8. The number of carboxylic acids is 1. The van der Waals surface area contributed by atoms with Crippen molar-refractivity contribution in [1.82, 2.24) is 10.6 Å². The molecule has 0 aromatic heterocycles. The molecule has 2 unspecified atom stereocenters. The van der Waals surface area contributed by atoms with E-state index in [9.17, 15) is 19.5 Å². The van der Waals surface area contributed by atoms with Gasteiger partial charge in [-0.2, -0.15) is 0 Å². The SMILES string of the molecule is CC(OCc1ccccc1)C(NC(=O)OCC1c2ccccc2-c2ccccc21)C(=O)NC1(C(=O)O)CCC1. The molecule has 3 aromatic carbocycles. The average molecular weight is 529 g/mol. The van der Waals surface area contributed by atoms with Gasteiger partial charge < -0.3 is 25.2 Å². The largest absolute Gasteiger partial charge is 0.480 e. The van der Waals surface area contributed by atoms with Crippen LogP contribution in [0.2, 0.25) is 0 Å². The normalized spacial score (nSPS) is 16.6. The van der Waals surface area contributed by atoms with E-state index in [0.717, 1.165) is 27.8 Å². The lowest BCUT2D eigenvalue weighted by molar-refractivity contribution is -0.152. The van der Waals surface area contributed by atoms with Crippen LogP contribution in [0.4, 0.5) is 4.79 Å². The first-order valence-corrected chi connectivity index (χ1v) is 13.2. The summed E-state index contributed by atoms with van der Waals surface area (Å²) in [5.41, 5.74) is 3.97. The van der Waals surface area contributed by atoms with Crippen molar-refractivity contribution in [3.8, 4) is 11.1 Å². The standard InChI is InChI=1S/C31H32N2O6/c1-20(38-18-21-10-3-2-4-11-21)27(28(34)33-31(29(35)36)16-9-17-31)32-30(37)39-19-26-24-14-7-5-12-22(24)23-13-6-8-15-25(23)26/h2-8,10-15,20,26-27H,9,16-19H2,1H3,(H,32,37)(H,33,34)(H,35,36). The van der Waals surface area contributed by atoms with Gasteiger partial charge in [0.25, 0.3) is 0 Å². The van der Waals surface area contributed by atoms with Gasteiger partial charge >= 0.3 is 12.1 Å². The highest BCUT2D eigenvalue weighted by Gasteiger charge is 2.47. The Balaban J connectivity index is 1.28. The summed E-state index contributed by atoms with van der Waals surface area (Å²) >= 11 is 0. The Morgan fingerprint density at radius 1 is 0.923 bits per heavy atom. The Morgan fingerprint density at radius 2 is 1.51 bits per heavy atom. The molecule has 1 saturated carbocycles. The van der Waals surface area contributed by atoms with E-state index >= 15 is 0 Å². The fourth-order valence-corrected chi connectivity index (χ4v) is 5.30. The molecule has 0 aliphatic heterocycles. The van der Waals surface area contributed by atoms with Crippen molar-refractivity contribution >= 4 is 18.0 Å². The van der Waals surface area contributed by atoms with Gasteiger partial charge in [0.05, 0.1) is 12.7 Å². The third kappa shape index (κ3) is 5.52. The van der Waals surface area contributed by atoms with E-state index < -0.39 is 35.7 Å². The molecule has 2 amide bonds. The van der Waals surface area contributed by atoms with E-state index in [2.05, 4.69) is 22.8 Å². The van der Waals surface area contributed by atoms with Crippen molar-refractivity contribution in [2.75, 3.05) is 6.61 Å². The molecule has 39 heavy (non-hydrogen) atoms. The third-order valence-electron chi connectivity index (χ3n) is 7.70. The molecular formula is C31H32N2O6. The Bertz CT molecular complexity index is 1310. The van der Waals surface area contributed by atoms with Crippen molar-refractivity contribution in [2.24, 2.45) is 0 Å².